The summed E-state index contributed by atoms with van der Waals surface area (Å²) in [4.78, 5) is 14.8. The van der Waals surface area contributed by atoms with Gasteiger partial charge in [0.05, 0.1) is 17.9 Å². The van der Waals surface area contributed by atoms with E-state index in [1.54, 1.807) is 4.90 Å². The number of aryl methyl sites for hydroxylation is 2. The Balaban J connectivity index is 2.01. The first-order valence-corrected chi connectivity index (χ1v) is 7.89. The molecular weight excluding hydrogens is 298 g/mol. The monoisotopic (exact) mass is 319 g/mol. The van der Waals surface area contributed by atoms with Gasteiger partial charge in [0.1, 0.15) is 5.69 Å². The summed E-state index contributed by atoms with van der Waals surface area (Å²) in [6.07, 6.45) is 1.87. The van der Waals surface area contributed by atoms with E-state index in [4.69, 9.17) is 5.73 Å². The molecule has 24 heavy (non-hydrogen) atoms. The quantitative estimate of drug-likeness (QED) is 0.744. The van der Waals surface area contributed by atoms with Crippen molar-refractivity contribution >= 4 is 17.3 Å². The van der Waals surface area contributed by atoms with E-state index < -0.39 is 0 Å². The Morgan fingerprint density at radius 2 is 1.75 bits per heavy atom. The van der Waals surface area contributed by atoms with E-state index in [-0.39, 0.29) is 5.91 Å². The summed E-state index contributed by atoms with van der Waals surface area (Å²) in [5, 5.41) is 0. The highest BCUT2D eigenvalue weighted by atomic mass is 16.2. The summed E-state index contributed by atoms with van der Waals surface area (Å²) in [6.45, 7) is 2.52. The predicted octanol–water partition coefficient (Wildman–Crippen LogP) is 3.76. The van der Waals surface area contributed by atoms with E-state index >= 15 is 0 Å². The van der Waals surface area contributed by atoms with Crippen LogP contribution in [0.5, 0.6) is 0 Å². The first kappa shape index (κ1) is 15.9. The van der Waals surface area contributed by atoms with Crippen molar-refractivity contribution in [2.24, 2.45) is 7.05 Å². The Morgan fingerprint density at radius 3 is 2.38 bits per heavy atom. The molecule has 0 unspecified atom stereocenters. The van der Waals surface area contributed by atoms with Gasteiger partial charge in [-0.2, -0.15) is 0 Å². The molecule has 4 nitrogen and oxygen atoms in total. The summed E-state index contributed by atoms with van der Waals surface area (Å²) < 4.78 is 1.82. The average Bonchev–Trinajstić information content (AvgIpc) is 3.01. The standard InChI is InChI=1S/C20H21N3O/c1-15-9-11-16(12-10-15)14-23(18-7-4-3-6-17(18)21)20(24)19-8-5-13-22(19)2/h3-13H,14,21H2,1-2H3. The van der Waals surface area contributed by atoms with Crippen LogP contribution in [0, 0.1) is 6.92 Å². The molecule has 4 heteroatoms. The minimum absolute atomic E-state index is 0.0685. The number of para-hydroxylation sites is 2. The van der Waals surface area contributed by atoms with Crippen molar-refractivity contribution in [3.05, 3.63) is 83.7 Å². The molecule has 0 aliphatic carbocycles. The van der Waals surface area contributed by atoms with Gasteiger partial charge in [-0.25, -0.2) is 0 Å². The molecule has 0 bridgehead atoms. The van der Waals surface area contributed by atoms with E-state index in [1.807, 2.05) is 73.3 Å². The van der Waals surface area contributed by atoms with Crippen molar-refractivity contribution in [1.29, 1.82) is 0 Å². The third kappa shape index (κ3) is 3.18. The molecule has 0 saturated carbocycles. The van der Waals surface area contributed by atoms with Crippen molar-refractivity contribution < 1.29 is 4.79 Å². The van der Waals surface area contributed by atoms with Crippen LogP contribution < -0.4 is 10.6 Å². The second-order valence-corrected chi connectivity index (χ2v) is 5.94. The van der Waals surface area contributed by atoms with Crippen molar-refractivity contribution in [3.63, 3.8) is 0 Å². The highest BCUT2D eigenvalue weighted by Gasteiger charge is 2.21. The van der Waals surface area contributed by atoms with E-state index in [9.17, 15) is 4.79 Å². The zero-order valence-corrected chi connectivity index (χ0v) is 13.9. The van der Waals surface area contributed by atoms with Crippen LogP contribution in [0.2, 0.25) is 0 Å². The number of carbonyl (C=O) groups excluding carboxylic acids is 1. The summed E-state index contributed by atoms with van der Waals surface area (Å²) in [6, 6.07) is 19.3. The molecule has 0 fully saturated rings. The molecule has 0 saturated heterocycles. The fourth-order valence-electron chi connectivity index (χ4n) is 2.70. The molecular formula is C20H21N3O. The molecule has 2 N–H and O–H groups in total. The maximum atomic E-state index is 13.1. The number of hydrogen-bond donors (Lipinski definition) is 1. The Kier molecular flexibility index (Phi) is 4.38. The Bertz CT molecular complexity index is 849. The van der Waals surface area contributed by atoms with Gasteiger partial charge >= 0.3 is 0 Å². The lowest BCUT2D eigenvalue weighted by molar-refractivity contribution is 0.0977. The molecule has 0 atom stereocenters. The van der Waals surface area contributed by atoms with Gasteiger partial charge in [-0.1, -0.05) is 42.0 Å². The van der Waals surface area contributed by atoms with Gasteiger partial charge < -0.3 is 15.2 Å². The van der Waals surface area contributed by atoms with E-state index in [2.05, 4.69) is 12.1 Å². The van der Waals surface area contributed by atoms with Crippen molar-refractivity contribution in [2.75, 3.05) is 10.6 Å². The third-order valence-corrected chi connectivity index (χ3v) is 4.10. The van der Waals surface area contributed by atoms with Gasteiger partial charge in [0.25, 0.3) is 5.91 Å². The highest BCUT2D eigenvalue weighted by Crippen LogP contribution is 2.26. The number of carbonyl (C=O) groups is 1. The SMILES string of the molecule is Cc1ccc(CN(C(=O)c2cccn2C)c2ccccc2N)cc1. The van der Waals surface area contributed by atoms with E-state index in [1.165, 1.54) is 5.56 Å². The molecule has 1 amide bonds. The lowest BCUT2D eigenvalue weighted by Crippen LogP contribution is -2.32. The van der Waals surface area contributed by atoms with Crippen LogP contribution in [-0.2, 0) is 13.6 Å². The molecule has 2 aromatic carbocycles. The van der Waals surface area contributed by atoms with Gasteiger partial charge in [0.15, 0.2) is 0 Å². The predicted molar refractivity (Wildman–Crippen MR) is 98.0 cm³/mol. The number of benzene rings is 2. The maximum absolute atomic E-state index is 13.1. The van der Waals surface area contributed by atoms with Crippen LogP contribution in [0.3, 0.4) is 0 Å². The Morgan fingerprint density at radius 1 is 1.04 bits per heavy atom. The van der Waals surface area contributed by atoms with Gasteiger partial charge in [-0.15, -0.1) is 0 Å². The first-order chi connectivity index (χ1) is 11.6. The first-order valence-electron chi connectivity index (χ1n) is 7.89. The smallest absolute Gasteiger partial charge is 0.275 e. The number of aromatic nitrogens is 1. The molecule has 0 aliphatic heterocycles. The lowest BCUT2D eigenvalue weighted by Gasteiger charge is -2.24. The molecule has 122 valence electrons. The topological polar surface area (TPSA) is 51.3 Å². The van der Waals surface area contributed by atoms with Crippen molar-refractivity contribution in [3.8, 4) is 0 Å². The number of hydrogen-bond acceptors (Lipinski definition) is 2. The second-order valence-electron chi connectivity index (χ2n) is 5.94. The summed E-state index contributed by atoms with van der Waals surface area (Å²) in [5.41, 5.74) is 10.3. The molecule has 3 rings (SSSR count). The molecule has 1 heterocycles. The Hall–Kier alpha value is -3.01. The van der Waals surface area contributed by atoms with Gasteiger partial charge in [0.2, 0.25) is 0 Å². The fraction of sp³-hybridized carbons (Fsp3) is 0.150. The molecule has 3 aromatic rings. The van der Waals surface area contributed by atoms with Crippen LogP contribution in [0.1, 0.15) is 21.6 Å². The maximum Gasteiger partial charge on any atom is 0.275 e. The minimum Gasteiger partial charge on any atom is -0.397 e. The molecule has 0 radical (unpaired) electrons. The summed E-state index contributed by atoms with van der Waals surface area (Å²) in [7, 11) is 1.87. The zero-order valence-electron chi connectivity index (χ0n) is 13.9. The molecule has 0 spiro atoms. The number of nitrogens with two attached hydrogens (primary N) is 1. The second kappa shape index (κ2) is 6.62. The number of rotatable bonds is 4. The lowest BCUT2D eigenvalue weighted by atomic mass is 10.1. The number of anilines is 2. The summed E-state index contributed by atoms with van der Waals surface area (Å²) >= 11 is 0. The Labute approximate surface area is 142 Å². The largest absolute Gasteiger partial charge is 0.397 e. The normalized spacial score (nSPS) is 10.6. The van der Waals surface area contributed by atoms with Crippen molar-refractivity contribution in [1.82, 2.24) is 4.57 Å². The van der Waals surface area contributed by atoms with Gasteiger partial charge in [-0.05, 0) is 36.8 Å². The number of nitrogen functional groups attached to an aromatic ring is 1. The van der Waals surface area contributed by atoms with Gasteiger partial charge in [-0.3, -0.25) is 4.79 Å². The zero-order chi connectivity index (χ0) is 17.1. The van der Waals surface area contributed by atoms with Crippen LogP contribution in [0.25, 0.3) is 0 Å². The number of nitrogens with zero attached hydrogens (tertiary/aromatic N) is 2. The number of amides is 1. The van der Waals surface area contributed by atoms with Crippen LogP contribution in [0.4, 0.5) is 11.4 Å². The third-order valence-electron chi connectivity index (χ3n) is 4.10. The highest BCUT2D eigenvalue weighted by molar-refractivity contribution is 6.06. The summed E-state index contributed by atoms with van der Waals surface area (Å²) in [5.74, 6) is -0.0685. The average molecular weight is 319 g/mol. The van der Waals surface area contributed by atoms with Crippen LogP contribution in [0.15, 0.2) is 66.9 Å². The van der Waals surface area contributed by atoms with Crippen LogP contribution in [-0.4, -0.2) is 10.5 Å². The van der Waals surface area contributed by atoms with Crippen molar-refractivity contribution in [2.45, 2.75) is 13.5 Å². The van der Waals surface area contributed by atoms with E-state index in [0.717, 1.165) is 11.3 Å². The fourth-order valence-corrected chi connectivity index (χ4v) is 2.70. The molecule has 0 aliphatic rings. The van der Waals surface area contributed by atoms with Crippen LogP contribution >= 0.6 is 0 Å². The minimum atomic E-state index is -0.0685. The van der Waals surface area contributed by atoms with Gasteiger partial charge in [0, 0.05) is 13.2 Å². The van der Waals surface area contributed by atoms with E-state index in [0.29, 0.717) is 17.9 Å². The molecule has 1 aromatic heterocycles.